The zero-order valence-electron chi connectivity index (χ0n) is 16.2. The summed E-state index contributed by atoms with van der Waals surface area (Å²) in [6, 6.07) is 14.9. The number of nitrogens with zero attached hydrogens (tertiary/aromatic N) is 2. The average molecular weight is 401 g/mol. The summed E-state index contributed by atoms with van der Waals surface area (Å²) in [6.07, 6.45) is 0.702. The topological polar surface area (TPSA) is 94.0 Å². The first-order valence-corrected chi connectivity index (χ1v) is 9.04. The number of amides is 1. The molecule has 2 atom stereocenters. The van der Waals surface area contributed by atoms with Gasteiger partial charge in [0.1, 0.15) is 0 Å². The van der Waals surface area contributed by atoms with Crippen molar-refractivity contribution in [2.75, 3.05) is 5.32 Å². The predicted octanol–water partition coefficient (Wildman–Crippen LogP) is 4.30. The number of halogens is 1. The molecule has 0 saturated heterocycles. The van der Waals surface area contributed by atoms with Crippen LogP contribution in [0.25, 0.3) is 11.5 Å². The van der Waals surface area contributed by atoms with Crippen molar-refractivity contribution >= 4 is 24.0 Å². The molecule has 0 saturated carbocycles. The second kappa shape index (κ2) is 9.48. The number of rotatable bonds is 6. The molecule has 148 valence electrons. The summed E-state index contributed by atoms with van der Waals surface area (Å²) in [4.78, 5) is 17.1. The van der Waals surface area contributed by atoms with Crippen molar-refractivity contribution < 1.29 is 9.32 Å². The maximum absolute atomic E-state index is 12.7. The van der Waals surface area contributed by atoms with Gasteiger partial charge < -0.3 is 15.6 Å². The monoisotopic (exact) mass is 400 g/mol. The van der Waals surface area contributed by atoms with Gasteiger partial charge in [-0.15, -0.1) is 12.4 Å². The second-order valence-electron chi connectivity index (χ2n) is 6.61. The van der Waals surface area contributed by atoms with Gasteiger partial charge in [-0.05, 0) is 30.2 Å². The van der Waals surface area contributed by atoms with E-state index in [1.807, 2.05) is 69.3 Å². The number of nitrogens with one attached hydrogen (secondary N) is 1. The van der Waals surface area contributed by atoms with Gasteiger partial charge in [0, 0.05) is 23.7 Å². The Hall–Kier alpha value is -2.70. The number of carbonyl (C=O) groups excluding carboxylic acids is 1. The van der Waals surface area contributed by atoms with Crippen LogP contribution in [0.2, 0.25) is 0 Å². The number of nitrogens with two attached hydrogens (primary N) is 1. The van der Waals surface area contributed by atoms with E-state index < -0.39 is 0 Å². The highest BCUT2D eigenvalue weighted by atomic mass is 35.5. The van der Waals surface area contributed by atoms with Gasteiger partial charge in [-0.3, -0.25) is 4.79 Å². The Balaban J connectivity index is 0.00000280. The van der Waals surface area contributed by atoms with Crippen molar-refractivity contribution in [1.29, 1.82) is 0 Å². The summed E-state index contributed by atoms with van der Waals surface area (Å²) < 4.78 is 5.29. The van der Waals surface area contributed by atoms with Crippen LogP contribution in [-0.2, 0) is 11.2 Å². The molecule has 3 N–H and O–H groups in total. The van der Waals surface area contributed by atoms with Gasteiger partial charge >= 0.3 is 0 Å². The molecule has 0 spiro atoms. The normalized spacial score (nSPS) is 12.7. The third-order valence-electron chi connectivity index (χ3n) is 4.66. The Morgan fingerprint density at radius 2 is 1.93 bits per heavy atom. The van der Waals surface area contributed by atoms with Crippen molar-refractivity contribution in [2.45, 2.75) is 33.2 Å². The Bertz CT molecular complexity index is 927. The van der Waals surface area contributed by atoms with Crippen LogP contribution in [0.5, 0.6) is 0 Å². The molecule has 1 amide bonds. The van der Waals surface area contributed by atoms with E-state index in [2.05, 4.69) is 15.5 Å². The second-order valence-corrected chi connectivity index (χ2v) is 6.61. The standard InChI is InChI=1S/C21H24N4O2.ClH/c1-4-18-24-21(27-25-18)16-11-10-13(2)17(12-16)23-20(26)14(3)19(22)15-8-6-5-7-9-15;/h5-12,14,19H,4,22H2,1-3H3,(H,23,26);1H. The molecular formula is C21H25ClN4O2. The lowest BCUT2D eigenvalue weighted by Gasteiger charge is -2.20. The number of aryl methyl sites for hydroxylation is 2. The van der Waals surface area contributed by atoms with Crippen LogP contribution in [0.4, 0.5) is 5.69 Å². The van der Waals surface area contributed by atoms with E-state index in [9.17, 15) is 4.79 Å². The Morgan fingerprint density at radius 3 is 2.57 bits per heavy atom. The van der Waals surface area contributed by atoms with Gasteiger partial charge in [-0.2, -0.15) is 4.98 Å². The molecule has 0 aliphatic rings. The first kappa shape index (κ1) is 21.6. The molecule has 1 aromatic heterocycles. The molecule has 2 unspecified atom stereocenters. The van der Waals surface area contributed by atoms with Crippen LogP contribution >= 0.6 is 12.4 Å². The molecule has 2 aromatic carbocycles. The van der Waals surface area contributed by atoms with E-state index in [4.69, 9.17) is 10.3 Å². The van der Waals surface area contributed by atoms with Crippen LogP contribution in [0, 0.1) is 12.8 Å². The lowest BCUT2D eigenvalue weighted by molar-refractivity contribution is -0.120. The van der Waals surface area contributed by atoms with E-state index >= 15 is 0 Å². The molecule has 0 fully saturated rings. The summed E-state index contributed by atoms with van der Waals surface area (Å²) in [5, 5.41) is 6.90. The predicted molar refractivity (Wildman–Crippen MR) is 112 cm³/mol. The first-order chi connectivity index (χ1) is 13.0. The summed E-state index contributed by atoms with van der Waals surface area (Å²) >= 11 is 0. The number of benzene rings is 2. The number of anilines is 1. The smallest absolute Gasteiger partial charge is 0.257 e. The van der Waals surface area contributed by atoms with Crippen molar-refractivity contribution in [3.05, 3.63) is 65.5 Å². The Labute approximate surface area is 170 Å². The average Bonchev–Trinajstić information content (AvgIpc) is 3.18. The van der Waals surface area contributed by atoms with Gasteiger partial charge in [0.05, 0.1) is 5.92 Å². The highest BCUT2D eigenvalue weighted by Crippen LogP contribution is 2.26. The fourth-order valence-corrected chi connectivity index (χ4v) is 2.78. The van der Waals surface area contributed by atoms with Crippen LogP contribution in [0.1, 0.15) is 36.8 Å². The van der Waals surface area contributed by atoms with E-state index in [1.165, 1.54) is 0 Å². The number of hydrogen-bond acceptors (Lipinski definition) is 5. The fourth-order valence-electron chi connectivity index (χ4n) is 2.78. The van der Waals surface area contributed by atoms with Crippen LogP contribution in [0.3, 0.4) is 0 Å². The minimum atomic E-state index is -0.384. The number of hydrogen-bond donors (Lipinski definition) is 2. The Morgan fingerprint density at radius 1 is 1.21 bits per heavy atom. The Kier molecular flexibility index (Phi) is 7.31. The van der Waals surface area contributed by atoms with Gasteiger partial charge in [0.2, 0.25) is 5.91 Å². The maximum atomic E-state index is 12.7. The highest BCUT2D eigenvalue weighted by molar-refractivity contribution is 5.94. The SMILES string of the molecule is CCc1noc(-c2ccc(C)c(NC(=O)C(C)C(N)c3ccccc3)c2)n1.Cl. The third-order valence-corrected chi connectivity index (χ3v) is 4.66. The number of aromatic nitrogens is 2. The molecule has 6 nitrogen and oxygen atoms in total. The molecular weight excluding hydrogens is 376 g/mol. The summed E-state index contributed by atoms with van der Waals surface area (Å²) in [7, 11) is 0. The molecule has 0 bridgehead atoms. The van der Waals surface area contributed by atoms with Crippen molar-refractivity contribution in [2.24, 2.45) is 11.7 Å². The minimum Gasteiger partial charge on any atom is -0.334 e. The van der Waals surface area contributed by atoms with Crippen molar-refractivity contribution in [3.8, 4) is 11.5 Å². The van der Waals surface area contributed by atoms with E-state index in [0.717, 1.165) is 16.7 Å². The van der Waals surface area contributed by atoms with E-state index in [-0.39, 0.29) is 30.3 Å². The summed E-state index contributed by atoms with van der Waals surface area (Å²) in [5.74, 6) is 0.576. The third kappa shape index (κ3) is 4.77. The molecule has 7 heteroatoms. The largest absolute Gasteiger partial charge is 0.334 e. The minimum absolute atomic E-state index is 0. The van der Waals surface area contributed by atoms with Gasteiger partial charge in [-0.25, -0.2) is 0 Å². The molecule has 0 aliphatic heterocycles. The molecule has 0 radical (unpaired) electrons. The van der Waals surface area contributed by atoms with Gasteiger partial charge in [-0.1, -0.05) is 55.4 Å². The fraction of sp³-hybridized carbons (Fsp3) is 0.286. The van der Waals surface area contributed by atoms with Crippen LogP contribution in [-0.4, -0.2) is 16.0 Å². The quantitative estimate of drug-likeness (QED) is 0.643. The molecule has 28 heavy (non-hydrogen) atoms. The van der Waals surface area contributed by atoms with Crippen LogP contribution < -0.4 is 11.1 Å². The van der Waals surface area contributed by atoms with Crippen molar-refractivity contribution in [1.82, 2.24) is 10.1 Å². The van der Waals surface area contributed by atoms with Crippen molar-refractivity contribution in [3.63, 3.8) is 0 Å². The molecule has 3 rings (SSSR count). The zero-order chi connectivity index (χ0) is 19.4. The first-order valence-electron chi connectivity index (χ1n) is 9.04. The molecule has 1 heterocycles. The summed E-state index contributed by atoms with van der Waals surface area (Å²) in [5.41, 5.74) is 9.63. The van der Waals surface area contributed by atoms with Crippen LogP contribution in [0.15, 0.2) is 53.1 Å². The maximum Gasteiger partial charge on any atom is 0.257 e. The molecule has 3 aromatic rings. The highest BCUT2D eigenvalue weighted by Gasteiger charge is 2.23. The zero-order valence-corrected chi connectivity index (χ0v) is 17.0. The van der Waals surface area contributed by atoms with E-state index in [0.29, 0.717) is 23.8 Å². The number of carbonyl (C=O) groups is 1. The molecule has 0 aliphatic carbocycles. The van der Waals surface area contributed by atoms with Gasteiger partial charge in [0.25, 0.3) is 5.89 Å². The lowest BCUT2D eigenvalue weighted by atomic mass is 9.94. The van der Waals surface area contributed by atoms with Gasteiger partial charge in [0.15, 0.2) is 5.82 Å². The van der Waals surface area contributed by atoms with E-state index in [1.54, 1.807) is 0 Å². The summed E-state index contributed by atoms with van der Waals surface area (Å²) in [6.45, 7) is 5.73. The lowest BCUT2D eigenvalue weighted by Crippen LogP contribution is -2.30.